The van der Waals surface area contributed by atoms with Gasteiger partial charge in [0.2, 0.25) is 21.8 Å². The van der Waals surface area contributed by atoms with Crippen LogP contribution >= 0.6 is 23.2 Å². The number of amides is 2. The van der Waals surface area contributed by atoms with Crippen molar-refractivity contribution < 1.29 is 18.0 Å². The van der Waals surface area contributed by atoms with Crippen LogP contribution in [0.3, 0.4) is 0 Å². The molecule has 2 amide bonds. The Balaban J connectivity index is 1.62. The van der Waals surface area contributed by atoms with Gasteiger partial charge in [0.1, 0.15) is 6.04 Å². The molecule has 0 bridgehead atoms. The molecule has 0 spiro atoms. The Labute approximate surface area is 271 Å². The van der Waals surface area contributed by atoms with E-state index in [1.165, 1.54) is 10.6 Å². The van der Waals surface area contributed by atoms with Gasteiger partial charge in [-0.05, 0) is 73.6 Å². The van der Waals surface area contributed by atoms with Crippen molar-refractivity contribution in [3.8, 4) is 0 Å². The van der Waals surface area contributed by atoms with Gasteiger partial charge in [0.05, 0.1) is 11.9 Å². The average Bonchev–Trinajstić information content (AvgIpc) is 3.48. The summed E-state index contributed by atoms with van der Waals surface area (Å²) in [6.07, 6.45) is 5.78. The van der Waals surface area contributed by atoms with Crippen LogP contribution in [0.2, 0.25) is 10.0 Å². The molecule has 1 N–H and O–H groups in total. The predicted molar refractivity (Wildman–Crippen MR) is 179 cm³/mol. The van der Waals surface area contributed by atoms with Crippen molar-refractivity contribution in [3.05, 3.63) is 99.0 Å². The Morgan fingerprint density at radius 2 is 1.68 bits per heavy atom. The van der Waals surface area contributed by atoms with Crippen molar-refractivity contribution in [2.75, 3.05) is 17.1 Å². The molecule has 3 aromatic rings. The van der Waals surface area contributed by atoms with E-state index in [0.717, 1.165) is 42.4 Å². The van der Waals surface area contributed by atoms with Crippen molar-refractivity contribution in [1.29, 1.82) is 0 Å². The maximum Gasteiger partial charge on any atom is 0.243 e. The maximum atomic E-state index is 14.1. The van der Waals surface area contributed by atoms with E-state index in [1.54, 1.807) is 29.2 Å². The molecule has 4 rings (SSSR count). The molecule has 0 aliphatic heterocycles. The van der Waals surface area contributed by atoms with Crippen LogP contribution in [0.4, 0.5) is 5.69 Å². The molecule has 236 valence electrons. The highest BCUT2D eigenvalue weighted by molar-refractivity contribution is 7.92. The van der Waals surface area contributed by atoms with E-state index in [4.69, 9.17) is 23.2 Å². The van der Waals surface area contributed by atoms with Crippen molar-refractivity contribution in [2.24, 2.45) is 0 Å². The molecule has 0 radical (unpaired) electrons. The number of anilines is 1. The minimum Gasteiger partial charge on any atom is -0.352 e. The lowest BCUT2D eigenvalue weighted by molar-refractivity contribution is -0.141. The highest BCUT2D eigenvalue weighted by Gasteiger charge is 2.32. The second kappa shape index (κ2) is 15.3. The fourth-order valence-corrected chi connectivity index (χ4v) is 7.23. The molecular weight excluding hydrogens is 617 g/mol. The number of hydrogen-bond acceptors (Lipinski definition) is 4. The summed E-state index contributed by atoms with van der Waals surface area (Å²) in [6.45, 7) is 4.06. The van der Waals surface area contributed by atoms with E-state index in [-0.39, 0.29) is 43.8 Å². The van der Waals surface area contributed by atoms with Crippen molar-refractivity contribution in [1.82, 2.24) is 10.2 Å². The van der Waals surface area contributed by atoms with Gasteiger partial charge in [0, 0.05) is 42.0 Å². The number of halogens is 2. The van der Waals surface area contributed by atoms with Crippen molar-refractivity contribution >= 4 is 50.7 Å². The van der Waals surface area contributed by atoms with Gasteiger partial charge in [-0.1, -0.05) is 84.6 Å². The first kappa shape index (κ1) is 33.8. The van der Waals surface area contributed by atoms with Crippen LogP contribution in [0.1, 0.15) is 60.8 Å². The van der Waals surface area contributed by atoms with Crippen LogP contribution in [0, 0.1) is 13.8 Å². The van der Waals surface area contributed by atoms with E-state index >= 15 is 0 Å². The molecule has 1 saturated carbocycles. The number of carbonyl (C=O) groups is 2. The number of nitrogens with zero attached hydrogens (tertiary/aromatic N) is 2. The van der Waals surface area contributed by atoms with Crippen LogP contribution < -0.4 is 9.62 Å². The van der Waals surface area contributed by atoms with Gasteiger partial charge < -0.3 is 10.2 Å². The number of aryl methyl sites for hydroxylation is 1. The Morgan fingerprint density at radius 3 is 2.34 bits per heavy atom. The Hall–Kier alpha value is -3.07. The second-order valence-corrected chi connectivity index (χ2v) is 14.4. The number of sulfonamides is 1. The quantitative estimate of drug-likeness (QED) is 0.218. The maximum absolute atomic E-state index is 14.1. The van der Waals surface area contributed by atoms with Gasteiger partial charge in [-0.25, -0.2) is 8.42 Å². The smallest absolute Gasteiger partial charge is 0.243 e. The van der Waals surface area contributed by atoms with Gasteiger partial charge in [-0.15, -0.1) is 0 Å². The summed E-state index contributed by atoms with van der Waals surface area (Å²) in [5.41, 5.74) is 4.05. The molecule has 1 fully saturated rings. The zero-order valence-electron chi connectivity index (χ0n) is 25.6. The van der Waals surface area contributed by atoms with Gasteiger partial charge in [-0.2, -0.15) is 0 Å². The molecule has 10 heteroatoms. The van der Waals surface area contributed by atoms with Crippen LogP contribution in [-0.4, -0.2) is 50.0 Å². The normalized spacial score (nSPS) is 14.3. The lowest BCUT2D eigenvalue weighted by Gasteiger charge is -2.33. The minimum absolute atomic E-state index is 0.0457. The summed E-state index contributed by atoms with van der Waals surface area (Å²) in [4.78, 5) is 29.6. The summed E-state index contributed by atoms with van der Waals surface area (Å²) in [6, 6.07) is 19.6. The molecule has 0 unspecified atom stereocenters. The number of rotatable bonds is 13. The topological polar surface area (TPSA) is 86.8 Å². The lowest BCUT2D eigenvalue weighted by Crippen LogP contribution is -2.52. The molecule has 0 heterocycles. The Kier molecular flexibility index (Phi) is 11.7. The first-order valence-corrected chi connectivity index (χ1v) is 17.7. The first-order valence-electron chi connectivity index (χ1n) is 15.1. The van der Waals surface area contributed by atoms with Gasteiger partial charge >= 0.3 is 0 Å². The molecule has 1 aliphatic rings. The standard InChI is InChI=1S/C34H41Cl2N3O4S/c1-24-11-9-16-31(25(24)2)39(44(3,42)43)20-10-17-33(40)38(23-27-18-19-28(35)22-30(27)36)32(21-26-12-5-4-6-13-26)34(41)37-29-14-7-8-15-29/h4-6,9,11-13,16,18-19,22,29,32H,7-8,10,14-15,17,20-21,23H2,1-3H3,(H,37,41)/t32-/m0/s1. The fourth-order valence-electron chi connectivity index (χ4n) is 5.74. The summed E-state index contributed by atoms with van der Waals surface area (Å²) in [7, 11) is -3.60. The first-order chi connectivity index (χ1) is 20.9. The van der Waals surface area contributed by atoms with E-state index in [0.29, 0.717) is 27.7 Å². The molecule has 0 saturated heterocycles. The fraction of sp³-hybridized carbons (Fsp3) is 0.412. The highest BCUT2D eigenvalue weighted by Crippen LogP contribution is 2.27. The van der Waals surface area contributed by atoms with Crippen molar-refractivity contribution in [2.45, 2.75) is 77.4 Å². The molecule has 7 nitrogen and oxygen atoms in total. The van der Waals surface area contributed by atoms with Crippen LogP contribution in [0.15, 0.2) is 66.7 Å². The van der Waals surface area contributed by atoms with Crippen molar-refractivity contribution in [3.63, 3.8) is 0 Å². The second-order valence-electron chi connectivity index (χ2n) is 11.6. The monoisotopic (exact) mass is 657 g/mol. The minimum atomic E-state index is -3.60. The average molecular weight is 659 g/mol. The number of carbonyl (C=O) groups excluding carboxylic acids is 2. The van der Waals surface area contributed by atoms with E-state index in [1.807, 2.05) is 56.3 Å². The SMILES string of the molecule is Cc1cccc(N(CCCC(=O)N(Cc2ccc(Cl)cc2Cl)[C@@H](Cc2ccccc2)C(=O)NC2CCCC2)S(C)(=O)=O)c1C. The summed E-state index contributed by atoms with van der Waals surface area (Å²) >= 11 is 12.7. The van der Waals surface area contributed by atoms with E-state index < -0.39 is 16.1 Å². The zero-order chi connectivity index (χ0) is 31.9. The molecule has 44 heavy (non-hydrogen) atoms. The van der Waals surface area contributed by atoms with Gasteiger partial charge in [0.25, 0.3) is 0 Å². The number of hydrogen-bond donors (Lipinski definition) is 1. The van der Waals surface area contributed by atoms with E-state index in [9.17, 15) is 18.0 Å². The van der Waals surface area contributed by atoms with Crippen LogP contribution in [0.5, 0.6) is 0 Å². The van der Waals surface area contributed by atoms with E-state index in [2.05, 4.69) is 5.32 Å². The van der Waals surface area contributed by atoms with Gasteiger partial charge in [0.15, 0.2) is 0 Å². The number of nitrogens with one attached hydrogen (secondary N) is 1. The van der Waals surface area contributed by atoms with Crippen LogP contribution in [0.25, 0.3) is 0 Å². The third-order valence-electron chi connectivity index (χ3n) is 8.33. The Morgan fingerprint density at radius 1 is 0.977 bits per heavy atom. The lowest BCUT2D eigenvalue weighted by atomic mass is 10.0. The zero-order valence-corrected chi connectivity index (χ0v) is 27.9. The van der Waals surface area contributed by atoms with Gasteiger partial charge in [-0.3, -0.25) is 13.9 Å². The number of benzene rings is 3. The molecule has 1 atom stereocenters. The predicted octanol–water partition coefficient (Wildman–Crippen LogP) is 6.86. The Bertz CT molecular complexity index is 1560. The summed E-state index contributed by atoms with van der Waals surface area (Å²) in [5.74, 6) is -0.458. The summed E-state index contributed by atoms with van der Waals surface area (Å²) < 4.78 is 27.0. The molecular formula is C34H41Cl2N3O4S. The third-order valence-corrected chi connectivity index (χ3v) is 10.1. The molecule has 1 aliphatic carbocycles. The largest absolute Gasteiger partial charge is 0.352 e. The molecule has 3 aromatic carbocycles. The highest BCUT2D eigenvalue weighted by atomic mass is 35.5. The molecule has 0 aromatic heterocycles. The third kappa shape index (κ3) is 8.99. The van der Waals surface area contributed by atoms with Crippen LogP contribution in [-0.2, 0) is 32.6 Å². The summed E-state index contributed by atoms with van der Waals surface area (Å²) in [5, 5.41) is 4.08.